The SMILES string of the molecule is Cn1cc(Nc2ncc(C(N)=O)c(NCCc3ccccc3)n2)cn1. The Hall–Kier alpha value is -3.42. The van der Waals surface area contributed by atoms with Gasteiger partial charge in [0.2, 0.25) is 5.95 Å². The summed E-state index contributed by atoms with van der Waals surface area (Å²) < 4.78 is 1.67. The highest BCUT2D eigenvalue weighted by atomic mass is 16.1. The van der Waals surface area contributed by atoms with Crippen molar-refractivity contribution >= 4 is 23.4 Å². The monoisotopic (exact) mass is 337 g/mol. The predicted molar refractivity (Wildman–Crippen MR) is 95.7 cm³/mol. The molecule has 0 fully saturated rings. The molecule has 3 aromatic rings. The third kappa shape index (κ3) is 4.31. The number of anilines is 3. The Balaban J connectivity index is 1.73. The fourth-order valence-electron chi connectivity index (χ4n) is 2.34. The number of hydrogen-bond acceptors (Lipinski definition) is 6. The zero-order valence-electron chi connectivity index (χ0n) is 13.8. The Bertz CT molecular complexity index is 860. The van der Waals surface area contributed by atoms with Gasteiger partial charge in [0.05, 0.1) is 17.4 Å². The van der Waals surface area contributed by atoms with Crippen molar-refractivity contribution in [1.82, 2.24) is 19.7 Å². The third-order valence-electron chi connectivity index (χ3n) is 3.56. The molecular weight excluding hydrogens is 318 g/mol. The molecule has 0 spiro atoms. The molecule has 0 bridgehead atoms. The van der Waals surface area contributed by atoms with E-state index in [0.717, 1.165) is 12.1 Å². The fraction of sp³-hybridized carbons (Fsp3) is 0.176. The van der Waals surface area contributed by atoms with Crippen molar-refractivity contribution in [1.29, 1.82) is 0 Å². The molecule has 0 saturated heterocycles. The van der Waals surface area contributed by atoms with Crippen LogP contribution in [0, 0.1) is 0 Å². The zero-order chi connectivity index (χ0) is 17.6. The van der Waals surface area contributed by atoms with Crippen LogP contribution in [0.15, 0.2) is 48.9 Å². The molecule has 0 unspecified atom stereocenters. The van der Waals surface area contributed by atoms with Crippen molar-refractivity contribution in [2.45, 2.75) is 6.42 Å². The minimum absolute atomic E-state index is 0.254. The van der Waals surface area contributed by atoms with Crippen LogP contribution < -0.4 is 16.4 Å². The lowest BCUT2D eigenvalue weighted by molar-refractivity contribution is 0.100. The number of hydrogen-bond donors (Lipinski definition) is 3. The summed E-state index contributed by atoms with van der Waals surface area (Å²) in [5.41, 5.74) is 7.61. The van der Waals surface area contributed by atoms with Crippen molar-refractivity contribution < 1.29 is 4.79 Å². The second-order valence-electron chi connectivity index (χ2n) is 5.51. The van der Waals surface area contributed by atoms with Crippen LogP contribution in [0.3, 0.4) is 0 Å². The largest absolute Gasteiger partial charge is 0.369 e. The van der Waals surface area contributed by atoms with Gasteiger partial charge in [0, 0.05) is 26.0 Å². The van der Waals surface area contributed by atoms with Gasteiger partial charge in [-0.05, 0) is 12.0 Å². The van der Waals surface area contributed by atoms with Crippen molar-refractivity contribution in [2.24, 2.45) is 12.8 Å². The molecule has 1 aromatic carbocycles. The molecule has 128 valence electrons. The third-order valence-corrected chi connectivity index (χ3v) is 3.56. The standard InChI is InChI=1S/C17H19N7O/c1-24-11-13(9-21-24)22-17-20-10-14(15(18)25)16(23-17)19-8-7-12-5-3-2-4-6-12/h2-6,9-11H,7-8H2,1H3,(H2,18,25)(H2,19,20,22,23). The number of carbonyl (C=O) groups excluding carboxylic acids is 1. The number of nitrogens with zero attached hydrogens (tertiary/aromatic N) is 4. The molecule has 0 aliphatic carbocycles. The maximum Gasteiger partial charge on any atom is 0.254 e. The van der Waals surface area contributed by atoms with Gasteiger partial charge in [0.15, 0.2) is 0 Å². The van der Waals surface area contributed by atoms with Gasteiger partial charge < -0.3 is 16.4 Å². The first kappa shape index (κ1) is 16.4. The van der Waals surface area contributed by atoms with Gasteiger partial charge in [-0.15, -0.1) is 0 Å². The molecular formula is C17H19N7O. The average Bonchev–Trinajstić information content (AvgIpc) is 3.01. The number of carbonyl (C=O) groups is 1. The second-order valence-corrected chi connectivity index (χ2v) is 5.51. The number of amides is 1. The Morgan fingerprint density at radius 2 is 2.04 bits per heavy atom. The van der Waals surface area contributed by atoms with E-state index >= 15 is 0 Å². The van der Waals surface area contributed by atoms with Gasteiger partial charge in [-0.1, -0.05) is 30.3 Å². The molecule has 0 aliphatic heterocycles. The molecule has 3 rings (SSSR count). The predicted octanol–water partition coefficient (Wildman–Crippen LogP) is 1.71. The van der Waals surface area contributed by atoms with Crippen LogP contribution in [0.25, 0.3) is 0 Å². The van der Waals surface area contributed by atoms with E-state index in [2.05, 4.69) is 25.7 Å². The van der Waals surface area contributed by atoms with E-state index in [1.54, 1.807) is 17.1 Å². The molecule has 8 nitrogen and oxygen atoms in total. The van der Waals surface area contributed by atoms with Crippen molar-refractivity contribution in [3.05, 3.63) is 60.0 Å². The van der Waals surface area contributed by atoms with Crippen LogP contribution in [0.1, 0.15) is 15.9 Å². The Morgan fingerprint density at radius 3 is 2.72 bits per heavy atom. The average molecular weight is 337 g/mol. The van der Waals surface area contributed by atoms with Gasteiger partial charge in [-0.2, -0.15) is 10.1 Å². The smallest absolute Gasteiger partial charge is 0.254 e. The van der Waals surface area contributed by atoms with Gasteiger partial charge in [0.25, 0.3) is 5.91 Å². The second kappa shape index (κ2) is 7.43. The molecule has 1 amide bonds. The summed E-state index contributed by atoms with van der Waals surface area (Å²) in [4.78, 5) is 20.1. The fourth-order valence-corrected chi connectivity index (χ4v) is 2.34. The van der Waals surface area contributed by atoms with Gasteiger partial charge in [0.1, 0.15) is 5.82 Å². The zero-order valence-corrected chi connectivity index (χ0v) is 13.8. The van der Waals surface area contributed by atoms with Crippen molar-refractivity contribution in [2.75, 3.05) is 17.2 Å². The minimum atomic E-state index is -0.574. The van der Waals surface area contributed by atoms with Crippen LogP contribution in [-0.4, -0.2) is 32.2 Å². The Morgan fingerprint density at radius 1 is 1.24 bits per heavy atom. The van der Waals surface area contributed by atoms with Crippen molar-refractivity contribution in [3.8, 4) is 0 Å². The summed E-state index contributed by atoms with van der Waals surface area (Å²) >= 11 is 0. The summed E-state index contributed by atoms with van der Waals surface area (Å²) in [7, 11) is 1.82. The van der Waals surface area contributed by atoms with E-state index < -0.39 is 5.91 Å². The molecule has 2 heterocycles. The number of nitrogens with two attached hydrogens (primary N) is 1. The molecule has 8 heteroatoms. The number of primary amides is 1. The van der Waals surface area contributed by atoms with Gasteiger partial charge in [-0.3, -0.25) is 9.48 Å². The summed E-state index contributed by atoms with van der Waals surface area (Å²) in [5.74, 6) is 0.195. The molecule has 4 N–H and O–H groups in total. The highest BCUT2D eigenvalue weighted by Gasteiger charge is 2.12. The van der Waals surface area contributed by atoms with E-state index in [9.17, 15) is 4.79 Å². The van der Waals surface area contributed by atoms with Crippen LogP contribution in [0.5, 0.6) is 0 Å². The molecule has 0 atom stereocenters. The normalized spacial score (nSPS) is 10.4. The lowest BCUT2D eigenvalue weighted by Crippen LogP contribution is -2.18. The molecule has 25 heavy (non-hydrogen) atoms. The first-order chi connectivity index (χ1) is 12.1. The van der Waals surface area contributed by atoms with E-state index in [1.165, 1.54) is 11.8 Å². The van der Waals surface area contributed by atoms with Crippen LogP contribution >= 0.6 is 0 Å². The quantitative estimate of drug-likeness (QED) is 0.605. The number of nitrogens with one attached hydrogen (secondary N) is 2. The number of aromatic nitrogens is 4. The Kier molecular flexibility index (Phi) is 4.89. The van der Waals surface area contributed by atoms with E-state index in [0.29, 0.717) is 18.3 Å². The lowest BCUT2D eigenvalue weighted by Gasteiger charge is -2.11. The van der Waals surface area contributed by atoms with Crippen LogP contribution in [0.2, 0.25) is 0 Å². The number of benzene rings is 1. The van der Waals surface area contributed by atoms with Crippen molar-refractivity contribution in [3.63, 3.8) is 0 Å². The maximum absolute atomic E-state index is 11.6. The van der Waals surface area contributed by atoms with E-state index in [4.69, 9.17) is 5.73 Å². The molecule has 0 saturated carbocycles. The number of rotatable bonds is 7. The maximum atomic E-state index is 11.6. The molecule has 2 aromatic heterocycles. The van der Waals surface area contributed by atoms with Gasteiger partial charge >= 0.3 is 0 Å². The molecule has 0 radical (unpaired) electrons. The summed E-state index contributed by atoms with van der Waals surface area (Å²) in [6.45, 7) is 0.619. The van der Waals surface area contributed by atoms with E-state index in [1.807, 2.05) is 37.4 Å². The van der Waals surface area contributed by atoms with E-state index in [-0.39, 0.29) is 5.56 Å². The highest BCUT2D eigenvalue weighted by Crippen LogP contribution is 2.17. The topological polar surface area (TPSA) is 111 Å². The molecule has 0 aliphatic rings. The summed E-state index contributed by atoms with van der Waals surface area (Å²) in [6, 6.07) is 10.1. The minimum Gasteiger partial charge on any atom is -0.369 e. The summed E-state index contributed by atoms with van der Waals surface area (Å²) in [5, 5.41) is 10.3. The van der Waals surface area contributed by atoms with Crippen LogP contribution in [-0.2, 0) is 13.5 Å². The Labute approximate surface area is 145 Å². The van der Waals surface area contributed by atoms with Crippen LogP contribution in [0.4, 0.5) is 17.5 Å². The highest BCUT2D eigenvalue weighted by molar-refractivity contribution is 5.97. The first-order valence-electron chi connectivity index (χ1n) is 7.82. The van der Waals surface area contributed by atoms with Gasteiger partial charge in [-0.25, -0.2) is 4.98 Å². The first-order valence-corrected chi connectivity index (χ1v) is 7.82. The summed E-state index contributed by atoms with van der Waals surface area (Å²) in [6.07, 6.45) is 5.68. The lowest BCUT2D eigenvalue weighted by atomic mass is 10.1. The number of aryl methyl sites for hydroxylation is 1.